The van der Waals surface area contributed by atoms with Gasteiger partial charge < -0.3 is 14.2 Å². The Kier molecular flexibility index (Phi) is 8.25. The Balaban J connectivity index is 1.41. The highest BCUT2D eigenvalue weighted by Crippen LogP contribution is 2.43. The maximum Gasteiger partial charge on any atom is 0.271 e. The molecular weight excluding hydrogens is 716 g/mol. The van der Waals surface area contributed by atoms with Crippen LogP contribution in [0.15, 0.2) is 109 Å². The van der Waals surface area contributed by atoms with Gasteiger partial charge in [-0.2, -0.15) is 0 Å². The molecule has 0 radical (unpaired) electrons. The Morgan fingerprint density at radius 2 is 1.71 bits per heavy atom. The number of hydrogen-bond donors (Lipinski definition) is 0. The molecule has 1 aromatic heterocycles. The zero-order chi connectivity index (χ0) is 31.1. The smallest absolute Gasteiger partial charge is 0.271 e. The molecule has 5 aromatic rings. The average molecular weight is 745 g/mol. The van der Waals surface area contributed by atoms with Gasteiger partial charge in [0.2, 0.25) is 0 Å². The summed E-state index contributed by atoms with van der Waals surface area (Å²) in [5.41, 5.74) is 7.14. The van der Waals surface area contributed by atoms with Gasteiger partial charge in [0, 0.05) is 15.6 Å². The van der Waals surface area contributed by atoms with E-state index in [2.05, 4.69) is 50.1 Å². The molecule has 0 unspecified atom stereocenters. The van der Waals surface area contributed by atoms with E-state index in [1.807, 2.05) is 77.4 Å². The third kappa shape index (κ3) is 5.58. The third-order valence-corrected chi connectivity index (χ3v) is 10.2. The molecule has 1 aliphatic heterocycles. The van der Waals surface area contributed by atoms with E-state index in [0.717, 1.165) is 55.3 Å². The number of ether oxygens (including phenoxy) is 3. The molecule has 0 amide bonds. The van der Waals surface area contributed by atoms with Crippen LogP contribution in [-0.2, 0) is 13.0 Å². The Labute approximate surface area is 281 Å². The summed E-state index contributed by atoms with van der Waals surface area (Å²) >= 11 is 8.69. The topological polar surface area (TPSA) is 62.0 Å². The first-order valence-electron chi connectivity index (χ1n) is 14.5. The van der Waals surface area contributed by atoms with Gasteiger partial charge in [-0.15, -0.1) is 0 Å². The molecule has 0 fully saturated rings. The van der Waals surface area contributed by atoms with Gasteiger partial charge in [-0.25, -0.2) is 4.99 Å². The van der Waals surface area contributed by atoms with Gasteiger partial charge in [-0.3, -0.25) is 9.36 Å². The van der Waals surface area contributed by atoms with E-state index in [4.69, 9.17) is 19.2 Å². The third-order valence-electron chi connectivity index (χ3n) is 8.15. The summed E-state index contributed by atoms with van der Waals surface area (Å²) in [6, 6.07) is 27.9. The fraction of sp³-hybridized carbons (Fsp3) is 0.167. The van der Waals surface area contributed by atoms with Crippen LogP contribution in [-0.4, -0.2) is 18.8 Å². The summed E-state index contributed by atoms with van der Waals surface area (Å²) in [6.07, 6.45) is 3.59. The zero-order valence-electron chi connectivity index (χ0n) is 24.6. The second-order valence-electron chi connectivity index (χ2n) is 10.8. The Morgan fingerprint density at radius 3 is 2.51 bits per heavy atom. The molecule has 0 saturated heterocycles. The summed E-state index contributed by atoms with van der Waals surface area (Å²) in [5, 5.41) is 0. The lowest BCUT2D eigenvalue weighted by Gasteiger charge is -2.31. The molecule has 7 rings (SSSR count). The first-order chi connectivity index (χ1) is 21.9. The molecule has 0 N–H and O–H groups in total. The minimum absolute atomic E-state index is 0.103. The van der Waals surface area contributed by atoms with Crippen molar-refractivity contribution in [2.75, 3.05) is 14.2 Å². The molecule has 4 aromatic carbocycles. The molecule has 0 spiro atoms. The number of benzene rings is 4. The van der Waals surface area contributed by atoms with Crippen LogP contribution in [0.3, 0.4) is 0 Å². The average Bonchev–Trinajstić information content (AvgIpc) is 3.37. The highest BCUT2D eigenvalue weighted by Gasteiger charge is 2.33. The summed E-state index contributed by atoms with van der Waals surface area (Å²) in [4.78, 5) is 20.2. The Bertz CT molecular complexity index is 2150. The van der Waals surface area contributed by atoms with Crippen molar-refractivity contribution in [2.24, 2.45) is 4.99 Å². The van der Waals surface area contributed by atoms with Crippen LogP contribution < -0.4 is 29.1 Å². The number of nitrogens with zero attached hydrogens (tertiary/aromatic N) is 2. The van der Waals surface area contributed by atoms with Gasteiger partial charge in [0.05, 0.1) is 35.0 Å². The summed E-state index contributed by atoms with van der Waals surface area (Å²) in [5.74, 6) is 1.92. The lowest BCUT2D eigenvalue weighted by atomic mass is 9.83. The number of rotatable bonds is 7. The number of fused-ring (bicyclic) bond motifs is 3. The molecule has 2 aliphatic rings. The fourth-order valence-electron chi connectivity index (χ4n) is 6.06. The van der Waals surface area contributed by atoms with Crippen molar-refractivity contribution in [3.8, 4) is 17.2 Å². The van der Waals surface area contributed by atoms with Gasteiger partial charge in [0.25, 0.3) is 5.56 Å². The normalized spacial score (nSPS) is 15.6. The van der Waals surface area contributed by atoms with Crippen LogP contribution in [0.1, 0.15) is 40.3 Å². The summed E-state index contributed by atoms with van der Waals surface area (Å²) < 4.78 is 21.6. The van der Waals surface area contributed by atoms with Crippen LogP contribution in [0.25, 0.3) is 11.8 Å². The van der Waals surface area contributed by atoms with Crippen molar-refractivity contribution in [3.05, 3.63) is 147 Å². The van der Waals surface area contributed by atoms with Crippen molar-refractivity contribution < 1.29 is 14.2 Å². The molecule has 45 heavy (non-hydrogen) atoms. The van der Waals surface area contributed by atoms with E-state index < -0.39 is 0 Å². The second kappa shape index (κ2) is 12.5. The fourth-order valence-corrected chi connectivity index (χ4v) is 8.42. The Hall–Kier alpha value is -3.92. The van der Waals surface area contributed by atoms with Crippen LogP contribution in [0.2, 0.25) is 0 Å². The van der Waals surface area contributed by atoms with Crippen LogP contribution in [0.5, 0.6) is 17.2 Å². The molecule has 0 bridgehead atoms. The number of methoxy groups -OCH3 is 2. The molecule has 1 atom stereocenters. The molecular formula is C36H28Br2N2O4S. The lowest BCUT2D eigenvalue weighted by molar-refractivity contribution is 0.303. The van der Waals surface area contributed by atoms with E-state index in [-0.39, 0.29) is 11.6 Å². The van der Waals surface area contributed by atoms with E-state index in [0.29, 0.717) is 33.2 Å². The highest BCUT2D eigenvalue weighted by atomic mass is 79.9. The zero-order valence-corrected chi connectivity index (χ0v) is 28.5. The van der Waals surface area contributed by atoms with Gasteiger partial charge in [0.15, 0.2) is 16.3 Å². The quantitative estimate of drug-likeness (QED) is 0.174. The molecule has 226 valence electrons. The summed E-state index contributed by atoms with van der Waals surface area (Å²) in [7, 11) is 3.25. The minimum atomic E-state index is -0.338. The number of allylic oxidation sites excluding steroid dienone is 1. The number of hydrogen-bond acceptors (Lipinski definition) is 6. The predicted octanol–water partition coefficient (Wildman–Crippen LogP) is 7.44. The minimum Gasteiger partial charge on any atom is -0.493 e. The standard InChI is InChI=1S/C36H28Br2N2O4S/c1-42-29-15-13-23(17-30(29)43-2)33-27-14-12-22-10-6-7-11-26(22)32(27)39-36-40(33)35(41)31(45-36)18-24-16-25(37)19-28(38)34(24)44-20-21-8-4-3-5-9-21/h3-11,13,15-19,33H,12,14,20H2,1-2H3/b31-18+/t33-/m0/s1. The van der Waals surface area contributed by atoms with Gasteiger partial charge in [-0.1, -0.05) is 87.9 Å². The van der Waals surface area contributed by atoms with E-state index in [1.54, 1.807) is 14.2 Å². The number of aryl methyl sites for hydroxylation is 1. The van der Waals surface area contributed by atoms with Crippen LogP contribution in [0.4, 0.5) is 0 Å². The monoisotopic (exact) mass is 742 g/mol. The van der Waals surface area contributed by atoms with E-state index in [1.165, 1.54) is 16.9 Å². The maximum absolute atomic E-state index is 14.4. The van der Waals surface area contributed by atoms with Crippen molar-refractivity contribution >= 4 is 55.0 Å². The largest absolute Gasteiger partial charge is 0.493 e. The van der Waals surface area contributed by atoms with Crippen molar-refractivity contribution in [3.63, 3.8) is 0 Å². The Morgan fingerprint density at radius 1 is 0.933 bits per heavy atom. The number of halogens is 2. The maximum atomic E-state index is 14.4. The first kappa shape index (κ1) is 29.8. The number of aromatic nitrogens is 1. The van der Waals surface area contributed by atoms with Gasteiger partial charge in [-0.05, 0) is 81.4 Å². The molecule has 0 saturated carbocycles. The van der Waals surface area contributed by atoms with E-state index >= 15 is 0 Å². The molecule has 1 aliphatic carbocycles. The van der Waals surface area contributed by atoms with Crippen molar-refractivity contribution in [1.29, 1.82) is 0 Å². The number of thiazole rings is 1. The highest BCUT2D eigenvalue weighted by molar-refractivity contribution is 9.11. The SMILES string of the molecule is COc1ccc([C@H]2C3=C(N=c4s/c(=C/c5cc(Br)cc(Br)c5OCc5ccccc5)c(=O)n42)c2ccccc2CC3)cc1OC. The lowest BCUT2D eigenvalue weighted by Crippen LogP contribution is -2.38. The predicted molar refractivity (Wildman–Crippen MR) is 185 cm³/mol. The van der Waals surface area contributed by atoms with E-state index in [9.17, 15) is 4.79 Å². The molecule has 6 nitrogen and oxygen atoms in total. The van der Waals surface area contributed by atoms with Crippen molar-refractivity contribution in [1.82, 2.24) is 4.57 Å². The van der Waals surface area contributed by atoms with Gasteiger partial charge in [0.1, 0.15) is 12.4 Å². The first-order valence-corrected chi connectivity index (χ1v) is 16.9. The summed E-state index contributed by atoms with van der Waals surface area (Å²) in [6.45, 7) is 0.397. The van der Waals surface area contributed by atoms with Crippen LogP contribution >= 0.6 is 43.2 Å². The molecule has 2 heterocycles. The molecule has 9 heteroatoms. The van der Waals surface area contributed by atoms with Crippen LogP contribution in [0, 0.1) is 0 Å². The van der Waals surface area contributed by atoms with Gasteiger partial charge >= 0.3 is 0 Å². The second-order valence-corrected chi connectivity index (χ2v) is 13.6. The van der Waals surface area contributed by atoms with Crippen molar-refractivity contribution in [2.45, 2.75) is 25.5 Å².